The zero-order valence-corrected chi connectivity index (χ0v) is 13.8. The monoisotopic (exact) mass is 367 g/mol. The van der Waals surface area contributed by atoms with Crippen molar-refractivity contribution in [2.75, 3.05) is 5.75 Å². The Morgan fingerprint density at radius 2 is 1.80 bits per heavy atom. The number of rotatable bonds is 4. The van der Waals surface area contributed by atoms with Crippen molar-refractivity contribution in [3.8, 4) is 5.75 Å². The topological polar surface area (TPSA) is 72.5 Å². The summed E-state index contributed by atoms with van der Waals surface area (Å²) >= 11 is 0. The van der Waals surface area contributed by atoms with Crippen molar-refractivity contribution in [2.45, 2.75) is 24.0 Å². The van der Waals surface area contributed by atoms with Gasteiger partial charge in [-0.3, -0.25) is 4.79 Å². The molecule has 1 aliphatic rings. The lowest BCUT2D eigenvalue weighted by Crippen LogP contribution is -2.34. The van der Waals surface area contributed by atoms with Crippen LogP contribution in [0.15, 0.2) is 53.4 Å². The first-order valence-electron chi connectivity index (χ1n) is 7.55. The Balaban J connectivity index is 1.88. The average molecular weight is 367 g/mol. The van der Waals surface area contributed by atoms with Gasteiger partial charge in [0.1, 0.15) is 5.75 Å². The van der Waals surface area contributed by atoms with Crippen molar-refractivity contribution in [1.82, 2.24) is 5.32 Å². The molecule has 1 heterocycles. The predicted octanol–water partition coefficient (Wildman–Crippen LogP) is 2.94. The van der Waals surface area contributed by atoms with Crippen LogP contribution in [0.1, 0.15) is 28.4 Å². The van der Waals surface area contributed by atoms with Gasteiger partial charge < -0.3 is 10.1 Å². The Bertz CT molecular complexity index is 899. The van der Waals surface area contributed by atoms with Gasteiger partial charge in [-0.25, -0.2) is 8.42 Å². The molecule has 2 aromatic carbocycles. The van der Waals surface area contributed by atoms with Gasteiger partial charge in [0.15, 0.2) is 9.84 Å². The van der Waals surface area contributed by atoms with Crippen LogP contribution in [-0.4, -0.2) is 26.7 Å². The Kier molecular flexibility index (Phi) is 4.71. The predicted molar refractivity (Wildman–Crippen MR) is 86.4 cm³/mol. The van der Waals surface area contributed by atoms with Gasteiger partial charge in [0.25, 0.3) is 5.91 Å². The van der Waals surface area contributed by atoms with Crippen molar-refractivity contribution < 1.29 is 26.7 Å². The van der Waals surface area contributed by atoms with Gasteiger partial charge in [0, 0.05) is 0 Å². The molecule has 0 unspecified atom stereocenters. The number of sulfone groups is 1. The highest BCUT2D eigenvalue weighted by Gasteiger charge is 2.31. The lowest BCUT2D eigenvalue weighted by atomic mass is 10.0. The summed E-state index contributed by atoms with van der Waals surface area (Å²) in [5.74, 6) is -0.925. The van der Waals surface area contributed by atoms with E-state index in [2.05, 4.69) is 10.1 Å². The van der Waals surface area contributed by atoms with Crippen LogP contribution in [0.3, 0.4) is 0 Å². The van der Waals surface area contributed by atoms with E-state index in [-0.39, 0.29) is 28.4 Å². The van der Waals surface area contributed by atoms with E-state index in [1.165, 1.54) is 30.3 Å². The van der Waals surface area contributed by atoms with E-state index in [0.717, 1.165) is 0 Å². The molecule has 1 atom stereocenters. The summed E-state index contributed by atoms with van der Waals surface area (Å²) in [7, 11) is -3.37. The molecule has 25 heavy (non-hydrogen) atoms. The first-order chi connectivity index (χ1) is 11.9. The number of carbonyl (C=O) groups is 1. The summed E-state index contributed by atoms with van der Waals surface area (Å²) in [5, 5.41) is 2.71. The molecule has 5 nitrogen and oxygen atoms in total. The second kappa shape index (κ2) is 6.79. The summed E-state index contributed by atoms with van der Waals surface area (Å²) in [6, 6.07) is 11.6. The van der Waals surface area contributed by atoms with E-state index in [1.807, 2.05) is 0 Å². The number of amides is 1. The molecule has 132 valence electrons. The van der Waals surface area contributed by atoms with Gasteiger partial charge in [-0.1, -0.05) is 30.3 Å². The van der Waals surface area contributed by atoms with Crippen LogP contribution >= 0.6 is 0 Å². The molecule has 1 N–H and O–H groups in total. The van der Waals surface area contributed by atoms with Crippen molar-refractivity contribution in [2.24, 2.45) is 0 Å². The maximum Gasteiger partial charge on any atom is 0.387 e. The first-order valence-corrected chi connectivity index (χ1v) is 9.20. The molecule has 3 rings (SSSR count). The summed E-state index contributed by atoms with van der Waals surface area (Å²) in [5.41, 5.74) is 0.461. The minimum Gasteiger partial charge on any atom is -0.434 e. The smallest absolute Gasteiger partial charge is 0.387 e. The highest BCUT2D eigenvalue weighted by molar-refractivity contribution is 7.91. The molecule has 0 aromatic heterocycles. The summed E-state index contributed by atoms with van der Waals surface area (Å²) in [4.78, 5) is 12.7. The van der Waals surface area contributed by atoms with Crippen LogP contribution in [0.2, 0.25) is 0 Å². The third-order valence-electron chi connectivity index (χ3n) is 3.96. The third-order valence-corrected chi connectivity index (χ3v) is 5.77. The summed E-state index contributed by atoms with van der Waals surface area (Å²) < 4.78 is 53.6. The van der Waals surface area contributed by atoms with E-state index in [9.17, 15) is 22.0 Å². The fourth-order valence-electron chi connectivity index (χ4n) is 2.83. The van der Waals surface area contributed by atoms with Crippen molar-refractivity contribution in [3.05, 3.63) is 59.7 Å². The number of hydrogen-bond acceptors (Lipinski definition) is 4. The fourth-order valence-corrected chi connectivity index (χ4v) is 4.45. The molecule has 1 aliphatic heterocycles. The van der Waals surface area contributed by atoms with Crippen molar-refractivity contribution >= 4 is 15.7 Å². The van der Waals surface area contributed by atoms with Gasteiger partial charge in [-0.2, -0.15) is 8.78 Å². The van der Waals surface area contributed by atoms with Crippen molar-refractivity contribution in [1.29, 1.82) is 0 Å². The number of ether oxygens (including phenoxy) is 1. The molecule has 2 aromatic rings. The van der Waals surface area contributed by atoms with Crippen LogP contribution in [0.4, 0.5) is 8.78 Å². The number of nitrogens with one attached hydrogen (secondary N) is 1. The maximum atomic E-state index is 12.5. The van der Waals surface area contributed by atoms with Crippen LogP contribution in [0.25, 0.3) is 0 Å². The highest BCUT2D eigenvalue weighted by Crippen LogP contribution is 2.32. The second-order valence-corrected chi connectivity index (χ2v) is 7.62. The minimum absolute atomic E-state index is 0.0336. The molecule has 0 fully saturated rings. The third kappa shape index (κ3) is 3.63. The standard InChI is InChI=1S/C17H15F2NO4S/c18-17(19)24-14-7-3-1-6-12(14)16(21)20-13-9-10-25(22,23)15-8-4-2-5-11(13)15/h1-8,13,17H,9-10H2,(H,20,21)/t13-/m0/s1. The second-order valence-electron chi connectivity index (χ2n) is 5.55. The number of halogens is 2. The van der Waals surface area contributed by atoms with Gasteiger partial charge in [0.2, 0.25) is 0 Å². The number of alkyl halides is 2. The van der Waals surface area contributed by atoms with Gasteiger partial charge in [-0.05, 0) is 30.2 Å². The number of carbonyl (C=O) groups excluding carboxylic acids is 1. The summed E-state index contributed by atoms with van der Waals surface area (Å²) in [6.45, 7) is -3.05. The number of fused-ring (bicyclic) bond motifs is 1. The molecule has 1 amide bonds. The quantitative estimate of drug-likeness (QED) is 0.902. The Morgan fingerprint density at radius 1 is 1.12 bits per heavy atom. The van der Waals surface area contributed by atoms with Gasteiger partial charge >= 0.3 is 6.61 Å². The molecule has 0 radical (unpaired) electrons. The minimum atomic E-state index is -3.37. The van der Waals surface area contributed by atoms with Crippen LogP contribution < -0.4 is 10.1 Å². The van der Waals surface area contributed by atoms with E-state index in [1.54, 1.807) is 18.2 Å². The van der Waals surface area contributed by atoms with E-state index in [4.69, 9.17) is 0 Å². The lowest BCUT2D eigenvalue weighted by molar-refractivity contribution is -0.0501. The van der Waals surface area contributed by atoms with Gasteiger partial charge in [-0.15, -0.1) is 0 Å². The van der Waals surface area contributed by atoms with E-state index in [0.29, 0.717) is 5.56 Å². The first kappa shape index (κ1) is 17.3. The lowest BCUT2D eigenvalue weighted by Gasteiger charge is -2.26. The molecule has 0 saturated carbocycles. The molecular formula is C17H15F2NO4S. The summed E-state index contributed by atoms with van der Waals surface area (Å²) in [6.07, 6.45) is 0.211. The van der Waals surface area contributed by atoms with Crippen LogP contribution in [0, 0.1) is 0 Å². The molecule has 0 spiro atoms. The normalized spacial score (nSPS) is 18.4. The van der Waals surface area contributed by atoms with E-state index >= 15 is 0 Å². The Morgan fingerprint density at radius 3 is 2.56 bits per heavy atom. The molecule has 0 aliphatic carbocycles. The highest BCUT2D eigenvalue weighted by atomic mass is 32.2. The molecule has 0 saturated heterocycles. The van der Waals surface area contributed by atoms with E-state index < -0.39 is 28.4 Å². The van der Waals surface area contributed by atoms with Gasteiger partial charge in [0.05, 0.1) is 22.3 Å². The SMILES string of the molecule is O=C(N[C@H]1CCS(=O)(=O)c2ccccc21)c1ccccc1OC(F)F. The zero-order valence-electron chi connectivity index (χ0n) is 13.0. The van der Waals surface area contributed by atoms with Crippen LogP contribution in [0.5, 0.6) is 5.75 Å². The Labute approximate surface area is 143 Å². The average Bonchev–Trinajstić information content (AvgIpc) is 2.57. The van der Waals surface area contributed by atoms with Crippen LogP contribution in [-0.2, 0) is 9.84 Å². The number of para-hydroxylation sites is 1. The molecule has 8 heteroatoms. The Hall–Kier alpha value is -2.48. The zero-order chi connectivity index (χ0) is 18.0. The molecular weight excluding hydrogens is 352 g/mol. The maximum absolute atomic E-state index is 12.5. The van der Waals surface area contributed by atoms with Crippen molar-refractivity contribution in [3.63, 3.8) is 0 Å². The molecule has 0 bridgehead atoms. The largest absolute Gasteiger partial charge is 0.434 e. The fraction of sp³-hybridized carbons (Fsp3) is 0.235. The number of benzene rings is 2. The number of hydrogen-bond donors (Lipinski definition) is 1.